The summed E-state index contributed by atoms with van der Waals surface area (Å²) in [5.74, 6) is -0.439. The molecule has 0 fully saturated rings. The van der Waals surface area contributed by atoms with Gasteiger partial charge in [-0.25, -0.2) is 0 Å². The molecule has 2 aromatic rings. The Morgan fingerprint density at radius 1 is 1.04 bits per heavy atom. The lowest BCUT2D eigenvalue weighted by Gasteiger charge is -2.19. The molecule has 0 saturated carbocycles. The number of phenolic OH excluding ortho intramolecular Hbond substituents is 2. The average molecular weight is 355 g/mol. The molecule has 0 aromatic heterocycles. The van der Waals surface area contributed by atoms with E-state index in [1.165, 1.54) is 19.1 Å². The molecule has 1 amide bonds. The van der Waals surface area contributed by atoms with Gasteiger partial charge in [-0.05, 0) is 50.5 Å². The number of aliphatic hydroxyl groups is 1. The summed E-state index contributed by atoms with van der Waals surface area (Å²) in [6.07, 6.45) is 2.77. The van der Waals surface area contributed by atoms with E-state index in [1.807, 2.05) is 30.3 Å². The second kappa shape index (κ2) is 7.62. The van der Waals surface area contributed by atoms with Gasteiger partial charge < -0.3 is 20.6 Å². The quantitative estimate of drug-likeness (QED) is 0.621. The van der Waals surface area contributed by atoms with Crippen LogP contribution in [0.25, 0.3) is 6.08 Å². The first-order chi connectivity index (χ1) is 12.1. The van der Waals surface area contributed by atoms with Gasteiger partial charge in [0.2, 0.25) is 0 Å². The molecule has 4 N–H and O–H groups in total. The number of phenols is 2. The number of rotatable bonds is 5. The lowest BCUT2D eigenvalue weighted by atomic mass is 9.95. The van der Waals surface area contributed by atoms with Crippen LogP contribution in [0.2, 0.25) is 0 Å². The highest BCUT2D eigenvalue weighted by atomic mass is 16.3. The number of hydrogen-bond donors (Lipinski definition) is 4. The second-order valence-corrected chi connectivity index (χ2v) is 6.64. The molecule has 138 valence electrons. The van der Waals surface area contributed by atoms with E-state index in [-0.39, 0.29) is 11.5 Å². The van der Waals surface area contributed by atoms with Gasteiger partial charge in [0.15, 0.2) is 5.60 Å². The molecule has 0 aliphatic heterocycles. The highest BCUT2D eigenvalue weighted by Gasteiger charge is 2.27. The van der Waals surface area contributed by atoms with Gasteiger partial charge >= 0.3 is 0 Å². The second-order valence-electron chi connectivity index (χ2n) is 6.64. The third kappa shape index (κ3) is 4.06. The van der Waals surface area contributed by atoms with Crippen LogP contribution >= 0.6 is 0 Å². The topological polar surface area (TPSA) is 89.8 Å². The van der Waals surface area contributed by atoms with Gasteiger partial charge in [-0.2, -0.15) is 0 Å². The van der Waals surface area contributed by atoms with Gasteiger partial charge in [-0.15, -0.1) is 0 Å². The molecular formula is C21H25NO4. The molecule has 0 aliphatic carbocycles. The van der Waals surface area contributed by atoms with E-state index < -0.39 is 11.5 Å². The molecule has 0 aliphatic rings. The van der Waals surface area contributed by atoms with Gasteiger partial charge in [0.05, 0.1) is 0 Å². The minimum absolute atomic E-state index is 0.0227. The Hall–Kier alpha value is -2.79. The highest BCUT2D eigenvalue weighted by molar-refractivity contribution is 5.88. The van der Waals surface area contributed by atoms with Crippen LogP contribution in [0.15, 0.2) is 36.4 Å². The summed E-state index contributed by atoms with van der Waals surface area (Å²) in [4.78, 5) is 12.3. The fraction of sp³-hybridized carbons (Fsp3) is 0.286. The van der Waals surface area contributed by atoms with Crippen molar-refractivity contribution in [1.82, 2.24) is 5.32 Å². The van der Waals surface area contributed by atoms with Crippen LogP contribution in [-0.4, -0.2) is 26.8 Å². The lowest BCUT2D eigenvalue weighted by Crippen LogP contribution is -2.42. The summed E-state index contributed by atoms with van der Waals surface area (Å²) in [6, 6.07) is 9.39. The summed E-state index contributed by atoms with van der Waals surface area (Å²) >= 11 is 0. The summed E-state index contributed by atoms with van der Waals surface area (Å²) < 4.78 is 0. The first-order valence-corrected chi connectivity index (χ1v) is 8.40. The monoisotopic (exact) mass is 355 g/mol. The number of nitrogens with one attached hydrogen (secondary N) is 1. The van der Waals surface area contributed by atoms with Crippen LogP contribution < -0.4 is 5.32 Å². The Balaban J connectivity index is 2.19. The zero-order chi connectivity index (χ0) is 19.5. The van der Waals surface area contributed by atoms with Crippen LogP contribution in [-0.2, 0) is 11.3 Å². The Morgan fingerprint density at radius 2 is 1.62 bits per heavy atom. The van der Waals surface area contributed by atoms with Crippen molar-refractivity contribution in [3.8, 4) is 11.5 Å². The Labute approximate surface area is 153 Å². The molecule has 0 saturated heterocycles. The first-order valence-electron chi connectivity index (χ1n) is 8.40. The average Bonchev–Trinajstić information content (AvgIpc) is 2.63. The Morgan fingerprint density at radius 3 is 2.23 bits per heavy atom. The maximum absolute atomic E-state index is 12.3. The van der Waals surface area contributed by atoms with E-state index in [2.05, 4.69) is 5.32 Å². The largest absolute Gasteiger partial charge is 0.507 e. The Bertz CT molecular complexity index is 810. The van der Waals surface area contributed by atoms with E-state index in [0.717, 1.165) is 5.56 Å². The molecule has 2 rings (SSSR count). The smallest absolute Gasteiger partial charge is 0.255 e. The fourth-order valence-corrected chi connectivity index (χ4v) is 2.63. The van der Waals surface area contributed by atoms with E-state index in [0.29, 0.717) is 28.8 Å². The van der Waals surface area contributed by atoms with Crippen LogP contribution in [0.4, 0.5) is 0 Å². The molecule has 0 heterocycles. The third-order valence-corrected chi connectivity index (χ3v) is 4.62. The molecule has 2 aromatic carbocycles. The maximum atomic E-state index is 12.3. The first kappa shape index (κ1) is 19.5. The molecule has 0 radical (unpaired) electrons. The Kier molecular flexibility index (Phi) is 5.73. The van der Waals surface area contributed by atoms with Gasteiger partial charge in [-0.3, -0.25) is 4.79 Å². The van der Waals surface area contributed by atoms with Crippen LogP contribution in [0.5, 0.6) is 11.5 Å². The number of benzene rings is 2. The number of carbonyl (C=O) groups is 1. The van der Waals surface area contributed by atoms with E-state index in [1.54, 1.807) is 20.8 Å². The predicted molar refractivity (Wildman–Crippen MR) is 102 cm³/mol. The minimum atomic E-state index is -1.76. The van der Waals surface area contributed by atoms with Gasteiger partial charge in [0.1, 0.15) is 11.5 Å². The predicted octanol–water partition coefficient (Wildman–Crippen LogP) is 3.10. The maximum Gasteiger partial charge on any atom is 0.255 e. The van der Waals surface area contributed by atoms with Crippen molar-refractivity contribution >= 4 is 12.0 Å². The van der Waals surface area contributed by atoms with E-state index >= 15 is 0 Å². The van der Waals surface area contributed by atoms with Crippen molar-refractivity contribution in [2.24, 2.45) is 0 Å². The summed E-state index contributed by atoms with van der Waals surface area (Å²) in [7, 11) is 0. The summed E-state index contributed by atoms with van der Waals surface area (Å²) in [6.45, 7) is 6.77. The van der Waals surface area contributed by atoms with Crippen LogP contribution in [0, 0.1) is 20.8 Å². The van der Waals surface area contributed by atoms with Gasteiger partial charge in [0, 0.05) is 17.7 Å². The SMILES string of the molecule is Cc1c(C)c(O)c(C=CC(C)(O)C(=O)NCc2ccccc2)c(C)c1O. The number of carbonyl (C=O) groups excluding carboxylic acids is 1. The van der Waals surface area contributed by atoms with Crippen LogP contribution in [0.1, 0.15) is 34.7 Å². The minimum Gasteiger partial charge on any atom is -0.507 e. The lowest BCUT2D eigenvalue weighted by molar-refractivity contribution is -0.134. The van der Waals surface area contributed by atoms with Gasteiger partial charge in [0.25, 0.3) is 5.91 Å². The van der Waals surface area contributed by atoms with E-state index in [4.69, 9.17) is 0 Å². The normalized spacial score (nSPS) is 13.6. The molecule has 0 bridgehead atoms. The van der Waals surface area contributed by atoms with Crippen molar-refractivity contribution in [2.75, 3.05) is 0 Å². The number of amides is 1. The third-order valence-electron chi connectivity index (χ3n) is 4.62. The summed E-state index contributed by atoms with van der Waals surface area (Å²) in [5.41, 5.74) is 1.19. The molecule has 1 atom stereocenters. The van der Waals surface area contributed by atoms with Crippen LogP contribution in [0.3, 0.4) is 0 Å². The molecular weight excluding hydrogens is 330 g/mol. The van der Waals surface area contributed by atoms with Crippen molar-refractivity contribution in [3.05, 3.63) is 64.2 Å². The van der Waals surface area contributed by atoms with Crippen molar-refractivity contribution in [3.63, 3.8) is 0 Å². The zero-order valence-corrected chi connectivity index (χ0v) is 15.5. The molecule has 5 nitrogen and oxygen atoms in total. The van der Waals surface area contributed by atoms with Crippen molar-refractivity contribution in [2.45, 2.75) is 39.8 Å². The van der Waals surface area contributed by atoms with Crippen molar-refractivity contribution < 1.29 is 20.1 Å². The van der Waals surface area contributed by atoms with E-state index in [9.17, 15) is 20.1 Å². The molecule has 1 unspecified atom stereocenters. The summed E-state index contributed by atoms with van der Waals surface area (Å²) in [5, 5.41) is 33.6. The van der Waals surface area contributed by atoms with Gasteiger partial charge in [-0.1, -0.05) is 36.4 Å². The number of aromatic hydroxyl groups is 2. The standard InChI is InChI=1S/C21H25NO4/c1-13-14(2)19(24)17(15(3)18(13)23)10-11-21(4,26)20(25)22-12-16-8-6-5-7-9-16/h5-11,23-24,26H,12H2,1-4H3,(H,22,25). The fourth-order valence-electron chi connectivity index (χ4n) is 2.63. The highest BCUT2D eigenvalue weighted by Crippen LogP contribution is 2.37. The molecule has 26 heavy (non-hydrogen) atoms. The zero-order valence-electron chi connectivity index (χ0n) is 15.5. The molecule has 5 heteroatoms. The number of hydrogen-bond acceptors (Lipinski definition) is 4. The molecule has 0 spiro atoms. The van der Waals surface area contributed by atoms with Crippen molar-refractivity contribution in [1.29, 1.82) is 0 Å².